The molecular formula is C16H24N4O5S. The number of piperazine rings is 1. The number of nitrogens with zero attached hydrogens (tertiary/aromatic N) is 3. The summed E-state index contributed by atoms with van der Waals surface area (Å²) in [5.74, 6) is 0.294. The summed E-state index contributed by atoms with van der Waals surface area (Å²) < 4.78 is 29.5. The molecule has 0 unspecified atom stereocenters. The molecule has 3 amide bonds. The summed E-state index contributed by atoms with van der Waals surface area (Å²) in [4.78, 5) is 30.0. The summed E-state index contributed by atoms with van der Waals surface area (Å²) in [6.45, 7) is 1.08. The Morgan fingerprint density at radius 3 is 2.50 bits per heavy atom. The Hall–Kier alpha value is -2.07. The first-order valence-electron chi connectivity index (χ1n) is 8.48. The molecule has 2 fully saturated rings. The van der Waals surface area contributed by atoms with Crippen LogP contribution in [0, 0.1) is 0 Å². The van der Waals surface area contributed by atoms with Gasteiger partial charge in [-0.1, -0.05) is 0 Å². The van der Waals surface area contributed by atoms with Crippen molar-refractivity contribution in [3.05, 3.63) is 24.2 Å². The lowest BCUT2D eigenvalue weighted by molar-refractivity contribution is -0.136. The van der Waals surface area contributed by atoms with Gasteiger partial charge in [0.15, 0.2) is 9.84 Å². The zero-order valence-electron chi connectivity index (χ0n) is 14.9. The largest absolute Gasteiger partial charge is 0.467 e. The molecule has 9 nitrogen and oxygen atoms in total. The van der Waals surface area contributed by atoms with Crippen LogP contribution >= 0.6 is 0 Å². The van der Waals surface area contributed by atoms with Gasteiger partial charge in [0.05, 0.1) is 42.9 Å². The van der Waals surface area contributed by atoms with Gasteiger partial charge < -0.3 is 24.4 Å². The van der Waals surface area contributed by atoms with Gasteiger partial charge in [-0.3, -0.25) is 4.79 Å². The van der Waals surface area contributed by atoms with E-state index in [1.165, 1.54) is 11.2 Å². The Bertz CT molecular complexity index is 762. The van der Waals surface area contributed by atoms with Gasteiger partial charge in [-0.2, -0.15) is 0 Å². The van der Waals surface area contributed by atoms with E-state index in [2.05, 4.69) is 5.32 Å². The molecule has 2 aliphatic rings. The summed E-state index contributed by atoms with van der Waals surface area (Å²) in [6, 6.07) is 2.14. The van der Waals surface area contributed by atoms with Gasteiger partial charge in [-0.05, 0) is 26.2 Å². The van der Waals surface area contributed by atoms with Crippen LogP contribution in [-0.2, 0) is 21.2 Å². The standard InChI is InChI=1S/C16H24N4O5S/c1-18(2)9-15(21)19-5-6-20(14-11-26(23,24)10-13(14)19)16(22)17-8-12-4-3-7-25-12/h3-4,7,13-14H,5-6,8-11H2,1-2H3,(H,17,22)/t13-,14+/m0/s1. The predicted molar refractivity (Wildman–Crippen MR) is 94.1 cm³/mol. The lowest BCUT2D eigenvalue weighted by atomic mass is 10.0. The summed E-state index contributed by atoms with van der Waals surface area (Å²) in [5.41, 5.74) is 0. The maximum atomic E-state index is 12.6. The normalized spacial score (nSPS) is 24.6. The Morgan fingerprint density at radius 1 is 1.23 bits per heavy atom. The van der Waals surface area contributed by atoms with E-state index in [1.54, 1.807) is 36.0 Å². The molecule has 0 bridgehead atoms. The van der Waals surface area contributed by atoms with Crippen LogP contribution in [0.5, 0.6) is 0 Å². The van der Waals surface area contributed by atoms with Gasteiger partial charge in [0.2, 0.25) is 5.91 Å². The third-order valence-electron chi connectivity index (χ3n) is 4.70. The minimum atomic E-state index is -3.30. The molecule has 144 valence electrons. The molecule has 1 aromatic rings. The average Bonchev–Trinajstić information content (AvgIpc) is 3.16. The number of rotatable bonds is 4. The first-order chi connectivity index (χ1) is 12.3. The molecule has 10 heteroatoms. The average molecular weight is 384 g/mol. The van der Waals surface area contributed by atoms with Gasteiger partial charge in [0.25, 0.3) is 0 Å². The minimum absolute atomic E-state index is 0.0984. The monoisotopic (exact) mass is 384 g/mol. The molecule has 2 saturated heterocycles. The Balaban J connectivity index is 1.71. The lowest BCUT2D eigenvalue weighted by Gasteiger charge is -2.44. The second-order valence-electron chi connectivity index (χ2n) is 6.97. The molecule has 0 saturated carbocycles. The molecule has 1 N–H and O–H groups in total. The van der Waals surface area contributed by atoms with E-state index in [4.69, 9.17) is 4.42 Å². The van der Waals surface area contributed by atoms with E-state index in [1.807, 2.05) is 0 Å². The fourth-order valence-corrected chi connectivity index (χ4v) is 5.53. The Morgan fingerprint density at radius 2 is 1.88 bits per heavy atom. The summed E-state index contributed by atoms with van der Waals surface area (Å²) in [5, 5.41) is 2.76. The smallest absolute Gasteiger partial charge is 0.318 e. The van der Waals surface area contributed by atoms with Crippen LogP contribution in [0.1, 0.15) is 5.76 Å². The van der Waals surface area contributed by atoms with Gasteiger partial charge in [0, 0.05) is 13.1 Å². The summed E-state index contributed by atoms with van der Waals surface area (Å²) >= 11 is 0. The third kappa shape index (κ3) is 4.01. The number of sulfone groups is 1. The maximum Gasteiger partial charge on any atom is 0.318 e. The SMILES string of the molecule is CN(C)CC(=O)N1CCN(C(=O)NCc2ccco2)[C@@H]2CS(=O)(=O)C[C@@H]21. The first kappa shape index (κ1) is 18.7. The molecule has 0 aromatic carbocycles. The third-order valence-corrected chi connectivity index (χ3v) is 6.40. The highest BCUT2D eigenvalue weighted by Crippen LogP contribution is 2.27. The molecule has 1 aromatic heterocycles. The fourth-order valence-electron chi connectivity index (χ4n) is 3.55. The number of carbonyl (C=O) groups excluding carboxylic acids is 2. The number of hydrogen-bond acceptors (Lipinski definition) is 6. The number of amides is 3. The molecule has 0 spiro atoms. The Kier molecular flexibility index (Phi) is 5.24. The lowest BCUT2D eigenvalue weighted by Crippen LogP contribution is -2.64. The number of urea groups is 1. The van der Waals surface area contributed by atoms with Crippen LogP contribution in [0.4, 0.5) is 4.79 Å². The number of nitrogens with one attached hydrogen (secondary N) is 1. The van der Waals surface area contributed by atoms with E-state index in [0.29, 0.717) is 18.8 Å². The molecule has 0 radical (unpaired) electrons. The zero-order chi connectivity index (χ0) is 18.9. The molecule has 3 rings (SSSR count). The quantitative estimate of drug-likeness (QED) is 0.741. The van der Waals surface area contributed by atoms with Crippen LogP contribution in [0.15, 0.2) is 22.8 Å². The van der Waals surface area contributed by atoms with Crippen molar-refractivity contribution in [2.45, 2.75) is 18.6 Å². The highest BCUT2D eigenvalue weighted by molar-refractivity contribution is 7.91. The number of hydrogen-bond donors (Lipinski definition) is 1. The van der Waals surface area contributed by atoms with Crippen molar-refractivity contribution in [3.63, 3.8) is 0 Å². The van der Waals surface area contributed by atoms with Crippen molar-refractivity contribution in [3.8, 4) is 0 Å². The highest BCUT2D eigenvalue weighted by Gasteiger charge is 2.49. The van der Waals surface area contributed by atoms with E-state index >= 15 is 0 Å². The first-order valence-corrected chi connectivity index (χ1v) is 10.3. The number of likely N-dealkylation sites (N-methyl/N-ethyl adjacent to an activating group) is 1. The topological polar surface area (TPSA) is 103 Å². The van der Waals surface area contributed by atoms with E-state index in [9.17, 15) is 18.0 Å². The van der Waals surface area contributed by atoms with Crippen molar-refractivity contribution in [2.24, 2.45) is 0 Å². The van der Waals surface area contributed by atoms with Crippen molar-refractivity contribution in [1.29, 1.82) is 0 Å². The Labute approximate surface area is 152 Å². The minimum Gasteiger partial charge on any atom is -0.467 e. The van der Waals surface area contributed by atoms with E-state index < -0.39 is 21.9 Å². The van der Waals surface area contributed by atoms with Gasteiger partial charge >= 0.3 is 6.03 Å². The van der Waals surface area contributed by atoms with Crippen molar-refractivity contribution in [2.75, 3.05) is 45.2 Å². The second kappa shape index (κ2) is 7.28. The molecular weight excluding hydrogens is 360 g/mol. The van der Waals surface area contributed by atoms with Crippen LogP contribution in [0.25, 0.3) is 0 Å². The molecule has 0 aliphatic carbocycles. The molecule has 2 atom stereocenters. The van der Waals surface area contributed by atoms with Gasteiger partial charge in [-0.25, -0.2) is 13.2 Å². The van der Waals surface area contributed by atoms with Crippen molar-refractivity contribution < 1.29 is 22.4 Å². The predicted octanol–water partition coefficient (Wildman–Crippen LogP) is -0.639. The summed E-state index contributed by atoms with van der Waals surface area (Å²) in [7, 11) is 0.286. The second-order valence-corrected chi connectivity index (χ2v) is 9.12. The van der Waals surface area contributed by atoms with Crippen LogP contribution in [0.2, 0.25) is 0 Å². The van der Waals surface area contributed by atoms with E-state index in [-0.39, 0.29) is 36.5 Å². The maximum absolute atomic E-state index is 12.6. The van der Waals surface area contributed by atoms with Crippen LogP contribution in [0.3, 0.4) is 0 Å². The molecule has 2 aliphatic heterocycles. The van der Waals surface area contributed by atoms with Crippen molar-refractivity contribution in [1.82, 2.24) is 20.0 Å². The van der Waals surface area contributed by atoms with Crippen molar-refractivity contribution >= 4 is 21.8 Å². The van der Waals surface area contributed by atoms with Gasteiger partial charge in [0.1, 0.15) is 5.76 Å². The van der Waals surface area contributed by atoms with Crippen LogP contribution < -0.4 is 5.32 Å². The highest BCUT2D eigenvalue weighted by atomic mass is 32.2. The zero-order valence-corrected chi connectivity index (χ0v) is 15.7. The fraction of sp³-hybridized carbons (Fsp3) is 0.625. The van der Waals surface area contributed by atoms with Crippen LogP contribution in [-0.4, -0.2) is 92.4 Å². The molecule has 3 heterocycles. The number of fused-ring (bicyclic) bond motifs is 1. The van der Waals surface area contributed by atoms with E-state index in [0.717, 1.165) is 0 Å². The number of furan rings is 1. The molecule has 26 heavy (non-hydrogen) atoms. The summed E-state index contributed by atoms with van der Waals surface area (Å²) in [6.07, 6.45) is 1.52. The van der Waals surface area contributed by atoms with Gasteiger partial charge in [-0.15, -0.1) is 0 Å². The number of carbonyl (C=O) groups is 2.